The summed E-state index contributed by atoms with van der Waals surface area (Å²) < 4.78 is 5.31. The molecule has 3 rings (SSSR count). The summed E-state index contributed by atoms with van der Waals surface area (Å²) in [5.74, 6) is 1.79. The van der Waals surface area contributed by atoms with E-state index in [4.69, 9.17) is 16.1 Å². The Kier molecular flexibility index (Phi) is 8.78. The quantitative estimate of drug-likeness (QED) is 0.357. The maximum absolute atomic E-state index is 5.90. The van der Waals surface area contributed by atoms with E-state index in [-0.39, 0.29) is 24.0 Å². The summed E-state index contributed by atoms with van der Waals surface area (Å²) in [5, 5.41) is 11.3. The summed E-state index contributed by atoms with van der Waals surface area (Å²) in [6, 6.07) is 7.91. The van der Waals surface area contributed by atoms with Crippen LogP contribution in [-0.2, 0) is 6.54 Å². The molecule has 0 bridgehead atoms. The Morgan fingerprint density at radius 1 is 1.33 bits per heavy atom. The number of likely N-dealkylation sites (N-methyl/N-ethyl adjacent to an activating group) is 1. The fourth-order valence-corrected chi connectivity index (χ4v) is 3.31. The van der Waals surface area contributed by atoms with Gasteiger partial charge >= 0.3 is 0 Å². The van der Waals surface area contributed by atoms with Crippen LogP contribution in [0, 0.1) is 0 Å². The standard InChI is InChI=1S/C18H25ClN6O.HI/c1-3-25-10-4-5-15(25)11-21-18(20-2)22-12-16-23-17(24-26-16)13-6-8-14(19)9-7-13;/h6-9,15H,3-5,10-12H2,1-2H3,(H2,20,21,22);1H. The molecule has 0 saturated carbocycles. The lowest BCUT2D eigenvalue weighted by Gasteiger charge is -2.23. The number of rotatable bonds is 6. The van der Waals surface area contributed by atoms with Crippen LogP contribution in [0.1, 0.15) is 25.7 Å². The number of aliphatic imine (C=N–C) groups is 1. The number of nitrogens with zero attached hydrogens (tertiary/aromatic N) is 4. The SMILES string of the molecule is CCN1CCCC1CNC(=NC)NCc1nc(-c2ccc(Cl)cc2)no1.I. The van der Waals surface area contributed by atoms with Gasteiger partial charge in [0.1, 0.15) is 0 Å². The fourth-order valence-electron chi connectivity index (χ4n) is 3.18. The maximum Gasteiger partial charge on any atom is 0.246 e. The maximum atomic E-state index is 5.90. The van der Waals surface area contributed by atoms with Crippen molar-refractivity contribution in [3.05, 3.63) is 35.2 Å². The van der Waals surface area contributed by atoms with Gasteiger partial charge in [-0.1, -0.05) is 23.7 Å². The second-order valence-electron chi connectivity index (χ2n) is 6.25. The molecule has 1 unspecified atom stereocenters. The van der Waals surface area contributed by atoms with Crippen molar-refractivity contribution in [1.29, 1.82) is 0 Å². The molecule has 1 fully saturated rings. The molecular formula is C18H26ClIN6O. The van der Waals surface area contributed by atoms with Gasteiger partial charge in [-0.05, 0) is 50.2 Å². The number of nitrogens with one attached hydrogen (secondary N) is 2. The van der Waals surface area contributed by atoms with Crippen molar-refractivity contribution in [3.8, 4) is 11.4 Å². The van der Waals surface area contributed by atoms with E-state index in [1.165, 1.54) is 19.4 Å². The van der Waals surface area contributed by atoms with E-state index >= 15 is 0 Å². The van der Waals surface area contributed by atoms with E-state index < -0.39 is 0 Å². The molecule has 0 radical (unpaired) electrons. The van der Waals surface area contributed by atoms with E-state index in [9.17, 15) is 0 Å². The third-order valence-corrected chi connectivity index (χ3v) is 4.86. The first-order chi connectivity index (χ1) is 12.7. The van der Waals surface area contributed by atoms with Crippen LogP contribution in [0.5, 0.6) is 0 Å². The average molecular weight is 505 g/mol. The fraction of sp³-hybridized carbons (Fsp3) is 0.500. The molecule has 27 heavy (non-hydrogen) atoms. The number of hydrogen-bond donors (Lipinski definition) is 2. The van der Waals surface area contributed by atoms with Crippen molar-refractivity contribution >= 4 is 41.5 Å². The first kappa shape index (κ1) is 21.9. The summed E-state index contributed by atoms with van der Waals surface area (Å²) in [6.07, 6.45) is 2.49. The Labute approximate surface area is 182 Å². The molecule has 1 aliphatic heterocycles. The minimum Gasteiger partial charge on any atom is -0.355 e. The van der Waals surface area contributed by atoms with Gasteiger partial charge < -0.3 is 15.2 Å². The smallest absolute Gasteiger partial charge is 0.246 e. The van der Waals surface area contributed by atoms with Crippen molar-refractivity contribution in [2.24, 2.45) is 4.99 Å². The summed E-state index contributed by atoms with van der Waals surface area (Å²) in [6.45, 7) is 5.78. The predicted octanol–water partition coefficient (Wildman–Crippen LogP) is 3.16. The van der Waals surface area contributed by atoms with Crippen LogP contribution in [-0.4, -0.2) is 53.7 Å². The lowest BCUT2D eigenvalue weighted by atomic mass is 10.2. The molecule has 148 valence electrons. The van der Waals surface area contributed by atoms with E-state index in [0.717, 1.165) is 24.6 Å². The van der Waals surface area contributed by atoms with E-state index in [2.05, 4.69) is 37.6 Å². The van der Waals surface area contributed by atoms with Gasteiger partial charge in [-0.25, -0.2) is 0 Å². The van der Waals surface area contributed by atoms with Crippen LogP contribution >= 0.6 is 35.6 Å². The molecule has 1 aromatic carbocycles. The number of benzene rings is 1. The van der Waals surface area contributed by atoms with Crippen molar-refractivity contribution < 1.29 is 4.52 Å². The zero-order valence-corrected chi connectivity index (χ0v) is 18.7. The Hall–Kier alpha value is -1.39. The first-order valence-corrected chi connectivity index (χ1v) is 9.34. The van der Waals surface area contributed by atoms with Crippen LogP contribution in [0.4, 0.5) is 0 Å². The monoisotopic (exact) mass is 504 g/mol. The number of halogens is 2. The molecule has 1 saturated heterocycles. The summed E-state index contributed by atoms with van der Waals surface area (Å²) in [4.78, 5) is 11.2. The Morgan fingerprint density at radius 2 is 2.11 bits per heavy atom. The highest BCUT2D eigenvalue weighted by Gasteiger charge is 2.22. The third kappa shape index (κ3) is 6.05. The van der Waals surface area contributed by atoms with Crippen molar-refractivity contribution in [2.45, 2.75) is 32.4 Å². The number of guanidine groups is 1. The van der Waals surface area contributed by atoms with Gasteiger partial charge in [-0.2, -0.15) is 4.98 Å². The highest BCUT2D eigenvalue weighted by atomic mass is 127. The van der Waals surface area contributed by atoms with Crippen molar-refractivity contribution in [2.75, 3.05) is 26.7 Å². The molecule has 0 amide bonds. The molecule has 2 heterocycles. The highest BCUT2D eigenvalue weighted by Crippen LogP contribution is 2.18. The lowest BCUT2D eigenvalue weighted by molar-refractivity contribution is 0.267. The van der Waals surface area contributed by atoms with Gasteiger partial charge in [0.2, 0.25) is 11.7 Å². The Bertz CT molecular complexity index is 736. The molecule has 0 aliphatic carbocycles. The van der Waals surface area contributed by atoms with E-state index in [1.54, 1.807) is 19.2 Å². The number of likely N-dealkylation sites (tertiary alicyclic amines) is 1. The summed E-state index contributed by atoms with van der Waals surface area (Å²) >= 11 is 5.90. The van der Waals surface area contributed by atoms with Gasteiger partial charge in [0.05, 0.1) is 6.54 Å². The summed E-state index contributed by atoms with van der Waals surface area (Å²) in [5.41, 5.74) is 0.868. The molecule has 2 N–H and O–H groups in total. The molecule has 7 nitrogen and oxygen atoms in total. The minimum atomic E-state index is 0. The van der Waals surface area contributed by atoms with Gasteiger partial charge in [0.25, 0.3) is 0 Å². The first-order valence-electron chi connectivity index (χ1n) is 8.96. The largest absolute Gasteiger partial charge is 0.355 e. The number of hydrogen-bond acceptors (Lipinski definition) is 5. The highest BCUT2D eigenvalue weighted by molar-refractivity contribution is 14.0. The van der Waals surface area contributed by atoms with Gasteiger partial charge in [-0.3, -0.25) is 9.89 Å². The van der Waals surface area contributed by atoms with E-state index in [1.807, 2.05) is 12.1 Å². The molecule has 9 heteroatoms. The van der Waals surface area contributed by atoms with Crippen LogP contribution in [0.3, 0.4) is 0 Å². The van der Waals surface area contributed by atoms with Crippen LogP contribution in [0.15, 0.2) is 33.8 Å². The molecule has 2 aromatic rings. The number of aromatic nitrogens is 2. The van der Waals surface area contributed by atoms with Crippen LogP contribution in [0.25, 0.3) is 11.4 Å². The van der Waals surface area contributed by atoms with Crippen LogP contribution in [0.2, 0.25) is 5.02 Å². The second kappa shape index (κ2) is 10.8. The zero-order valence-electron chi connectivity index (χ0n) is 15.6. The molecule has 0 spiro atoms. The molecular weight excluding hydrogens is 479 g/mol. The topological polar surface area (TPSA) is 78.6 Å². The third-order valence-electron chi connectivity index (χ3n) is 4.61. The molecule has 1 atom stereocenters. The average Bonchev–Trinajstić information content (AvgIpc) is 3.31. The van der Waals surface area contributed by atoms with Crippen LogP contribution < -0.4 is 10.6 Å². The molecule has 1 aromatic heterocycles. The summed E-state index contributed by atoms with van der Waals surface area (Å²) in [7, 11) is 1.76. The van der Waals surface area contributed by atoms with E-state index in [0.29, 0.717) is 29.3 Å². The van der Waals surface area contributed by atoms with Gasteiger partial charge in [-0.15, -0.1) is 24.0 Å². The minimum absolute atomic E-state index is 0. The zero-order chi connectivity index (χ0) is 18.4. The normalized spacial score (nSPS) is 17.6. The Morgan fingerprint density at radius 3 is 2.81 bits per heavy atom. The second-order valence-corrected chi connectivity index (χ2v) is 6.69. The van der Waals surface area contributed by atoms with Crippen molar-refractivity contribution in [1.82, 2.24) is 25.7 Å². The van der Waals surface area contributed by atoms with Crippen molar-refractivity contribution in [3.63, 3.8) is 0 Å². The Balaban J connectivity index is 0.00000261. The lowest BCUT2D eigenvalue weighted by Crippen LogP contribution is -2.44. The molecule has 1 aliphatic rings. The van der Waals surface area contributed by atoms with Gasteiger partial charge in [0, 0.05) is 30.2 Å². The predicted molar refractivity (Wildman–Crippen MR) is 119 cm³/mol. The van der Waals surface area contributed by atoms with Gasteiger partial charge in [0.15, 0.2) is 5.96 Å².